The molecule has 2 fully saturated rings. The van der Waals surface area contributed by atoms with Crippen molar-refractivity contribution < 1.29 is 22.3 Å². The molecule has 0 N–H and O–H groups in total. The number of allylic oxidation sites excluding steroid dienone is 2. The van der Waals surface area contributed by atoms with Crippen molar-refractivity contribution >= 4 is 0 Å². The first-order valence-corrected chi connectivity index (χ1v) is 15.3. The van der Waals surface area contributed by atoms with Crippen molar-refractivity contribution in [3.05, 3.63) is 77.9 Å². The Hall–Kier alpha value is -2.56. The van der Waals surface area contributed by atoms with Crippen LogP contribution in [0.4, 0.5) is 17.6 Å². The van der Waals surface area contributed by atoms with Crippen LogP contribution in [0.2, 0.25) is 0 Å². The summed E-state index contributed by atoms with van der Waals surface area (Å²) in [6.07, 6.45) is 20.8. The monoisotopic (exact) mass is 556 g/mol. The molecule has 0 amide bonds. The minimum absolute atomic E-state index is 0.0594. The third kappa shape index (κ3) is 7.59. The van der Waals surface area contributed by atoms with Crippen molar-refractivity contribution in [2.24, 2.45) is 17.8 Å². The summed E-state index contributed by atoms with van der Waals surface area (Å²) < 4.78 is 64.9. The van der Waals surface area contributed by atoms with E-state index in [0.29, 0.717) is 17.9 Å². The lowest BCUT2D eigenvalue weighted by molar-refractivity contribution is 0.293. The summed E-state index contributed by atoms with van der Waals surface area (Å²) in [4.78, 5) is 0. The molecule has 0 aliphatic heterocycles. The fraction of sp³-hybridized carbons (Fsp3) is 0.543. The predicted octanol–water partition coefficient (Wildman–Crippen LogP) is 11.1. The topological polar surface area (TPSA) is 9.23 Å². The minimum atomic E-state index is -1.25. The fourth-order valence-electron chi connectivity index (χ4n) is 6.65. The van der Waals surface area contributed by atoms with Crippen LogP contribution in [0, 0.1) is 41.0 Å². The van der Waals surface area contributed by atoms with E-state index in [-0.39, 0.29) is 29.4 Å². The molecule has 40 heavy (non-hydrogen) atoms. The number of hydrogen-bond donors (Lipinski definition) is 0. The minimum Gasteiger partial charge on any atom is -0.490 e. The van der Waals surface area contributed by atoms with Crippen LogP contribution in [0.1, 0.15) is 102 Å². The summed E-state index contributed by atoms with van der Waals surface area (Å²) in [6, 6.07) is 5.39. The number of halogens is 4. The van der Waals surface area contributed by atoms with E-state index in [9.17, 15) is 8.78 Å². The lowest BCUT2D eigenvalue weighted by Gasteiger charge is -2.29. The Morgan fingerprint density at radius 1 is 0.750 bits per heavy atom. The van der Waals surface area contributed by atoms with E-state index >= 15 is 8.78 Å². The molecule has 0 heterocycles. The average Bonchev–Trinajstić information content (AvgIpc) is 2.97. The van der Waals surface area contributed by atoms with Gasteiger partial charge in [-0.25, -0.2) is 13.2 Å². The number of ether oxygens (including phenoxy) is 1. The first-order valence-electron chi connectivity index (χ1n) is 15.3. The highest BCUT2D eigenvalue weighted by Crippen LogP contribution is 2.41. The molecular formula is C35H44F4O. The summed E-state index contributed by atoms with van der Waals surface area (Å²) >= 11 is 0. The molecule has 0 spiro atoms. The second-order valence-corrected chi connectivity index (χ2v) is 11.8. The van der Waals surface area contributed by atoms with E-state index in [0.717, 1.165) is 50.4 Å². The van der Waals surface area contributed by atoms with Gasteiger partial charge in [0, 0.05) is 11.1 Å². The third-order valence-electron chi connectivity index (χ3n) is 9.05. The van der Waals surface area contributed by atoms with Crippen molar-refractivity contribution in [1.82, 2.24) is 0 Å². The van der Waals surface area contributed by atoms with Gasteiger partial charge in [-0.3, -0.25) is 0 Å². The molecule has 0 unspecified atom stereocenters. The molecule has 2 aromatic rings. The number of rotatable bonds is 12. The van der Waals surface area contributed by atoms with E-state index < -0.39 is 23.3 Å². The van der Waals surface area contributed by atoms with Gasteiger partial charge in [0.25, 0.3) is 0 Å². The number of benzene rings is 2. The van der Waals surface area contributed by atoms with E-state index in [1.165, 1.54) is 56.7 Å². The Kier molecular flexibility index (Phi) is 11.3. The highest BCUT2D eigenvalue weighted by molar-refractivity contribution is 5.66. The summed E-state index contributed by atoms with van der Waals surface area (Å²) in [5.41, 5.74) is -0.263. The van der Waals surface area contributed by atoms with Crippen LogP contribution >= 0.6 is 0 Å². The maximum Gasteiger partial charge on any atom is 0.201 e. The molecule has 1 nitrogen and oxygen atoms in total. The molecule has 2 aliphatic carbocycles. The maximum absolute atomic E-state index is 15.2. The Labute approximate surface area is 237 Å². The van der Waals surface area contributed by atoms with Crippen LogP contribution in [0.25, 0.3) is 11.1 Å². The lowest BCUT2D eigenvalue weighted by atomic mass is 9.76. The van der Waals surface area contributed by atoms with Crippen LogP contribution in [0.3, 0.4) is 0 Å². The number of hydrogen-bond acceptors (Lipinski definition) is 1. The van der Waals surface area contributed by atoms with Crippen molar-refractivity contribution in [1.29, 1.82) is 0 Å². The molecule has 0 aromatic heterocycles. The molecule has 0 saturated heterocycles. The van der Waals surface area contributed by atoms with Crippen molar-refractivity contribution in [2.45, 2.75) is 96.3 Å². The van der Waals surface area contributed by atoms with Gasteiger partial charge in [0.1, 0.15) is 0 Å². The first-order chi connectivity index (χ1) is 19.4. The normalized spacial score (nSPS) is 23.4. The van der Waals surface area contributed by atoms with Crippen molar-refractivity contribution in [2.75, 3.05) is 6.61 Å². The zero-order valence-electron chi connectivity index (χ0n) is 23.9. The van der Waals surface area contributed by atoms with Gasteiger partial charge in [0.05, 0.1) is 6.61 Å². The first kappa shape index (κ1) is 30.4. The molecule has 218 valence electrons. The fourth-order valence-corrected chi connectivity index (χ4v) is 6.65. The van der Waals surface area contributed by atoms with Gasteiger partial charge in [-0.05, 0) is 112 Å². The summed E-state index contributed by atoms with van der Waals surface area (Å²) in [5, 5.41) is 0. The Bertz CT molecular complexity index is 1140. The van der Waals surface area contributed by atoms with Gasteiger partial charge in [0.15, 0.2) is 23.2 Å². The zero-order valence-corrected chi connectivity index (χ0v) is 23.9. The lowest BCUT2D eigenvalue weighted by Crippen LogP contribution is -2.15. The van der Waals surface area contributed by atoms with Gasteiger partial charge in [0.2, 0.25) is 5.82 Å². The highest BCUT2D eigenvalue weighted by Gasteiger charge is 2.28. The second kappa shape index (κ2) is 14.9. The molecule has 4 rings (SSSR count). The van der Waals surface area contributed by atoms with E-state index in [4.69, 9.17) is 4.74 Å². The van der Waals surface area contributed by atoms with Gasteiger partial charge in [-0.15, -0.1) is 6.58 Å². The standard InChI is InChI=1S/C35H44F4O/c1-3-5-23-40-31-22-21-30(34(38)35(31)39)29-20-19-28(32(36)33(29)37)27-17-15-26(16-18-27)10-7-6-9-25-13-11-24(8-4-2)12-14-25/h3,6,9,19-22,24-27H,1,4-5,7-8,10-18,23H2,2H3/b9-6+. The summed E-state index contributed by atoms with van der Waals surface area (Å²) in [6.45, 7) is 5.98. The van der Waals surface area contributed by atoms with Crippen LogP contribution < -0.4 is 4.74 Å². The Balaban J connectivity index is 1.29. The zero-order chi connectivity index (χ0) is 28.5. The smallest absolute Gasteiger partial charge is 0.201 e. The van der Waals surface area contributed by atoms with Crippen LogP contribution in [0.5, 0.6) is 5.75 Å². The van der Waals surface area contributed by atoms with Gasteiger partial charge < -0.3 is 4.74 Å². The Morgan fingerprint density at radius 2 is 1.38 bits per heavy atom. The average molecular weight is 557 g/mol. The molecule has 2 aliphatic rings. The SMILES string of the molecule is C=CCCOc1ccc(-c2ccc(C3CCC(CC/C=C/C4CCC(CCC)CC4)CC3)c(F)c2F)c(F)c1F. The largest absolute Gasteiger partial charge is 0.490 e. The van der Waals surface area contributed by atoms with E-state index in [2.05, 4.69) is 25.7 Å². The molecule has 0 atom stereocenters. The van der Waals surface area contributed by atoms with Crippen LogP contribution in [0.15, 0.2) is 49.1 Å². The molecule has 2 aromatic carbocycles. The van der Waals surface area contributed by atoms with Crippen molar-refractivity contribution in [3.8, 4) is 16.9 Å². The second-order valence-electron chi connectivity index (χ2n) is 11.8. The molecular weight excluding hydrogens is 512 g/mol. The van der Waals surface area contributed by atoms with E-state index in [1.807, 2.05) is 0 Å². The Morgan fingerprint density at radius 3 is 2.05 bits per heavy atom. The highest BCUT2D eigenvalue weighted by atomic mass is 19.2. The molecule has 5 heteroatoms. The van der Waals surface area contributed by atoms with Crippen LogP contribution in [-0.4, -0.2) is 6.61 Å². The van der Waals surface area contributed by atoms with Gasteiger partial charge in [-0.2, -0.15) is 4.39 Å². The maximum atomic E-state index is 15.2. The molecule has 0 bridgehead atoms. The van der Waals surface area contributed by atoms with Crippen LogP contribution in [-0.2, 0) is 0 Å². The molecule has 0 radical (unpaired) electrons. The molecule has 2 saturated carbocycles. The third-order valence-corrected chi connectivity index (χ3v) is 9.05. The predicted molar refractivity (Wildman–Crippen MR) is 155 cm³/mol. The van der Waals surface area contributed by atoms with Crippen molar-refractivity contribution in [3.63, 3.8) is 0 Å². The summed E-state index contributed by atoms with van der Waals surface area (Å²) in [7, 11) is 0. The quantitative estimate of drug-likeness (QED) is 0.144. The van der Waals surface area contributed by atoms with Gasteiger partial charge >= 0.3 is 0 Å². The van der Waals surface area contributed by atoms with E-state index in [1.54, 1.807) is 12.1 Å². The summed E-state index contributed by atoms with van der Waals surface area (Å²) in [5.74, 6) is -2.59. The van der Waals surface area contributed by atoms with Gasteiger partial charge in [-0.1, -0.05) is 50.1 Å².